The zero-order valence-electron chi connectivity index (χ0n) is 9.58. The van der Waals surface area contributed by atoms with Crippen molar-refractivity contribution in [2.75, 3.05) is 0 Å². The maximum absolute atomic E-state index is 11.9. The minimum atomic E-state index is -0.535. The molecular weight excluding hydrogens is 192 g/mol. The van der Waals surface area contributed by atoms with Crippen molar-refractivity contribution in [1.82, 2.24) is 0 Å². The second kappa shape index (κ2) is 3.14. The molecule has 1 saturated heterocycles. The molecule has 0 aromatic rings. The Bertz CT molecular complexity index is 308. The van der Waals surface area contributed by atoms with E-state index < -0.39 is 5.60 Å². The number of hydrogen-bond donors (Lipinski definition) is 0. The molecule has 1 aliphatic carbocycles. The van der Waals surface area contributed by atoms with Crippen LogP contribution in [0.2, 0.25) is 0 Å². The number of Topliss-reactive ketones (excluding diaryl/α,β-unsaturated/α-hetero) is 1. The van der Waals surface area contributed by atoms with Gasteiger partial charge in [-0.2, -0.15) is 0 Å². The Morgan fingerprint density at radius 3 is 2.67 bits per heavy atom. The van der Waals surface area contributed by atoms with Gasteiger partial charge in [-0.05, 0) is 12.3 Å². The number of carbonyl (C=O) groups excluding carboxylic acids is 2. The van der Waals surface area contributed by atoms with Crippen LogP contribution in [0.15, 0.2) is 0 Å². The van der Waals surface area contributed by atoms with Crippen molar-refractivity contribution in [2.24, 2.45) is 11.3 Å². The number of fused-ring (bicyclic) bond motifs is 1. The number of aldehydes is 1. The van der Waals surface area contributed by atoms with E-state index >= 15 is 0 Å². The number of rotatable bonds is 4. The summed E-state index contributed by atoms with van der Waals surface area (Å²) in [6.45, 7) is 6.18. The molecule has 1 saturated carbocycles. The molecule has 3 atom stereocenters. The SMILES string of the molecule is CC(CCC=O)C12OC1C(C)(C)CC2=O. The van der Waals surface area contributed by atoms with E-state index in [0.29, 0.717) is 12.8 Å². The van der Waals surface area contributed by atoms with Crippen molar-refractivity contribution in [3.63, 3.8) is 0 Å². The lowest BCUT2D eigenvalue weighted by Crippen LogP contribution is -2.30. The molecule has 0 amide bonds. The fourth-order valence-corrected chi connectivity index (χ4v) is 2.94. The van der Waals surface area contributed by atoms with E-state index in [0.717, 1.165) is 12.7 Å². The highest BCUT2D eigenvalue weighted by Crippen LogP contribution is 2.61. The summed E-state index contributed by atoms with van der Waals surface area (Å²) in [7, 11) is 0. The summed E-state index contributed by atoms with van der Waals surface area (Å²) in [5.41, 5.74) is -0.557. The van der Waals surface area contributed by atoms with Gasteiger partial charge in [-0.3, -0.25) is 4.79 Å². The zero-order chi connectivity index (χ0) is 11.3. The van der Waals surface area contributed by atoms with E-state index in [2.05, 4.69) is 13.8 Å². The van der Waals surface area contributed by atoms with Gasteiger partial charge in [-0.25, -0.2) is 0 Å². The van der Waals surface area contributed by atoms with Crippen LogP contribution in [0, 0.1) is 11.3 Å². The van der Waals surface area contributed by atoms with Crippen molar-refractivity contribution in [3.8, 4) is 0 Å². The van der Waals surface area contributed by atoms with Crippen LogP contribution in [0.25, 0.3) is 0 Å². The quantitative estimate of drug-likeness (QED) is 0.524. The van der Waals surface area contributed by atoms with Crippen molar-refractivity contribution < 1.29 is 14.3 Å². The van der Waals surface area contributed by atoms with Crippen molar-refractivity contribution in [3.05, 3.63) is 0 Å². The second-order valence-electron chi connectivity index (χ2n) is 5.52. The topological polar surface area (TPSA) is 46.7 Å². The molecule has 84 valence electrons. The molecule has 3 unspecified atom stereocenters. The lowest BCUT2D eigenvalue weighted by Gasteiger charge is -2.16. The van der Waals surface area contributed by atoms with Crippen LogP contribution in [-0.4, -0.2) is 23.8 Å². The summed E-state index contributed by atoms with van der Waals surface area (Å²) in [6.07, 6.45) is 2.88. The van der Waals surface area contributed by atoms with Gasteiger partial charge in [0.15, 0.2) is 11.4 Å². The third-order valence-electron chi connectivity index (χ3n) is 3.86. The summed E-state index contributed by atoms with van der Waals surface area (Å²) in [4.78, 5) is 22.3. The Kier molecular flexibility index (Phi) is 2.26. The molecule has 0 aromatic heterocycles. The Labute approximate surface area is 90.2 Å². The van der Waals surface area contributed by atoms with Crippen molar-refractivity contribution >= 4 is 12.1 Å². The van der Waals surface area contributed by atoms with Gasteiger partial charge in [0.05, 0.1) is 0 Å². The molecule has 1 aliphatic heterocycles. The molecule has 0 N–H and O–H groups in total. The molecule has 3 nitrogen and oxygen atoms in total. The normalized spacial score (nSPS) is 38.6. The van der Waals surface area contributed by atoms with E-state index in [-0.39, 0.29) is 23.2 Å². The lowest BCUT2D eigenvalue weighted by molar-refractivity contribution is -0.127. The molecule has 0 radical (unpaired) electrons. The molecule has 0 aromatic carbocycles. The minimum Gasteiger partial charge on any atom is -0.357 e. The Morgan fingerprint density at radius 2 is 2.27 bits per heavy atom. The highest BCUT2D eigenvalue weighted by atomic mass is 16.6. The number of epoxide rings is 1. The van der Waals surface area contributed by atoms with Gasteiger partial charge >= 0.3 is 0 Å². The van der Waals surface area contributed by atoms with Gasteiger partial charge in [0, 0.05) is 18.3 Å². The zero-order valence-corrected chi connectivity index (χ0v) is 9.58. The first kappa shape index (κ1) is 10.8. The summed E-state index contributed by atoms with van der Waals surface area (Å²) >= 11 is 0. The summed E-state index contributed by atoms with van der Waals surface area (Å²) in [6, 6.07) is 0. The van der Waals surface area contributed by atoms with E-state index in [1.807, 2.05) is 6.92 Å². The van der Waals surface area contributed by atoms with Crippen LogP contribution in [0.4, 0.5) is 0 Å². The van der Waals surface area contributed by atoms with Gasteiger partial charge in [0.25, 0.3) is 0 Å². The molecule has 0 bridgehead atoms. The lowest BCUT2D eigenvalue weighted by atomic mass is 9.84. The summed E-state index contributed by atoms with van der Waals surface area (Å²) in [5, 5.41) is 0. The Balaban J connectivity index is 2.11. The van der Waals surface area contributed by atoms with Crippen LogP contribution in [0.1, 0.15) is 40.0 Å². The fraction of sp³-hybridized carbons (Fsp3) is 0.833. The second-order valence-corrected chi connectivity index (χ2v) is 5.52. The van der Waals surface area contributed by atoms with Crippen LogP contribution >= 0.6 is 0 Å². The van der Waals surface area contributed by atoms with Gasteiger partial charge < -0.3 is 9.53 Å². The maximum atomic E-state index is 11.9. The predicted molar refractivity (Wildman–Crippen MR) is 55.5 cm³/mol. The molecule has 2 fully saturated rings. The monoisotopic (exact) mass is 210 g/mol. The molecule has 0 spiro atoms. The average molecular weight is 210 g/mol. The molecular formula is C12H18O3. The highest BCUT2D eigenvalue weighted by molar-refractivity contribution is 5.95. The summed E-state index contributed by atoms with van der Waals surface area (Å²) in [5.74, 6) is 0.401. The van der Waals surface area contributed by atoms with Gasteiger partial charge in [-0.15, -0.1) is 0 Å². The molecule has 1 heterocycles. The van der Waals surface area contributed by atoms with Crippen molar-refractivity contribution in [1.29, 1.82) is 0 Å². The number of hydrogen-bond acceptors (Lipinski definition) is 3. The van der Waals surface area contributed by atoms with Crippen LogP contribution in [0.5, 0.6) is 0 Å². The highest BCUT2D eigenvalue weighted by Gasteiger charge is 2.74. The Morgan fingerprint density at radius 1 is 1.60 bits per heavy atom. The first-order chi connectivity index (χ1) is 6.95. The molecule has 3 heteroatoms. The van der Waals surface area contributed by atoms with E-state index in [4.69, 9.17) is 4.74 Å². The van der Waals surface area contributed by atoms with Crippen molar-refractivity contribution in [2.45, 2.75) is 51.7 Å². The summed E-state index contributed by atoms with van der Waals surface area (Å²) < 4.78 is 5.66. The van der Waals surface area contributed by atoms with E-state index in [1.165, 1.54) is 0 Å². The number of carbonyl (C=O) groups is 2. The minimum absolute atomic E-state index is 0.0213. The standard InChI is InChI=1S/C12H18O3/c1-8(5-4-6-13)12-9(14)7-11(2,3)10(12)15-12/h6,8,10H,4-5,7H2,1-3H3. The first-order valence-corrected chi connectivity index (χ1v) is 5.60. The Hall–Kier alpha value is -0.700. The molecule has 2 rings (SSSR count). The van der Waals surface area contributed by atoms with Crippen LogP contribution < -0.4 is 0 Å². The number of ether oxygens (including phenoxy) is 1. The third kappa shape index (κ3) is 1.36. The number of ketones is 1. The van der Waals surface area contributed by atoms with Gasteiger partial charge in [-0.1, -0.05) is 20.8 Å². The van der Waals surface area contributed by atoms with Gasteiger partial charge in [0.2, 0.25) is 0 Å². The van der Waals surface area contributed by atoms with Crippen LogP contribution in [0.3, 0.4) is 0 Å². The van der Waals surface area contributed by atoms with Crippen LogP contribution in [-0.2, 0) is 14.3 Å². The third-order valence-corrected chi connectivity index (χ3v) is 3.86. The molecule has 2 aliphatic rings. The molecule has 15 heavy (non-hydrogen) atoms. The van der Waals surface area contributed by atoms with E-state index in [9.17, 15) is 9.59 Å². The smallest absolute Gasteiger partial charge is 0.168 e. The average Bonchev–Trinajstić information content (AvgIpc) is 2.86. The maximum Gasteiger partial charge on any atom is 0.168 e. The van der Waals surface area contributed by atoms with E-state index in [1.54, 1.807) is 0 Å². The fourth-order valence-electron chi connectivity index (χ4n) is 2.94. The first-order valence-electron chi connectivity index (χ1n) is 5.60. The largest absolute Gasteiger partial charge is 0.357 e. The predicted octanol–water partition coefficient (Wildman–Crippen LogP) is 1.74. The van der Waals surface area contributed by atoms with Gasteiger partial charge in [0.1, 0.15) is 12.4 Å².